The van der Waals surface area contributed by atoms with Gasteiger partial charge in [0, 0.05) is 54.9 Å². The van der Waals surface area contributed by atoms with E-state index in [2.05, 4.69) is 16.0 Å². The number of benzene rings is 2. The monoisotopic (exact) mass is 656 g/mol. The summed E-state index contributed by atoms with van der Waals surface area (Å²) < 4.78 is 59.4. The maximum absolute atomic E-state index is 15.3. The molecule has 3 unspecified atom stereocenters. The summed E-state index contributed by atoms with van der Waals surface area (Å²) in [5, 5.41) is 18.5. The highest BCUT2D eigenvalue weighted by Gasteiger charge is 2.40. The SMILES string of the molecule is O=C(O)N[C@@H](C(=O)Nc1c(F)ccc(F)c1CCC1CNC2CCCS(O)(O)N1C2)[C@@H](c1ccc(Cl)cc1)C1CCOCC1. The van der Waals surface area contributed by atoms with Crippen molar-refractivity contribution >= 4 is 40.1 Å². The quantitative estimate of drug-likeness (QED) is 0.210. The number of halogens is 3. The lowest BCUT2D eigenvalue weighted by Crippen LogP contribution is -2.55. The zero-order valence-electron chi connectivity index (χ0n) is 24.2. The minimum absolute atomic E-state index is 0.000156. The first-order valence-corrected chi connectivity index (χ1v) is 16.9. The van der Waals surface area contributed by atoms with Gasteiger partial charge in [0.25, 0.3) is 0 Å². The Hall–Kier alpha value is -2.52. The topological polar surface area (TPSA) is 143 Å². The Kier molecular flexibility index (Phi) is 10.7. The molecule has 10 nitrogen and oxygen atoms in total. The molecule has 5 atom stereocenters. The predicted molar refractivity (Wildman–Crippen MR) is 165 cm³/mol. The highest BCUT2D eigenvalue weighted by molar-refractivity contribution is 8.22. The first kappa shape index (κ1) is 32.9. The van der Waals surface area contributed by atoms with E-state index in [1.807, 2.05) is 0 Å². The van der Waals surface area contributed by atoms with Crippen LogP contribution in [0.5, 0.6) is 0 Å². The fourth-order valence-electron chi connectivity index (χ4n) is 6.71. The van der Waals surface area contributed by atoms with Crippen LogP contribution in [-0.2, 0) is 16.0 Å². The van der Waals surface area contributed by atoms with Crippen LogP contribution in [0.25, 0.3) is 0 Å². The molecule has 2 bridgehead atoms. The van der Waals surface area contributed by atoms with Gasteiger partial charge >= 0.3 is 6.09 Å². The Labute approximate surface area is 262 Å². The number of amides is 2. The van der Waals surface area contributed by atoms with Crippen LogP contribution >= 0.6 is 22.4 Å². The van der Waals surface area contributed by atoms with E-state index in [-0.39, 0.29) is 47.8 Å². The summed E-state index contributed by atoms with van der Waals surface area (Å²) in [4.78, 5) is 25.8. The van der Waals surface area contributed by atoms with Crippen molar-refractivity contribution in [3.63, 3.8) is 0 Å². The molecule has 0 aromatic heterocycles. The van der Waals surface area contributed by atoms with Crippen LogP contribution in [0.1, 0.15) is 49.1 Å². The van der Waals surface area contributed by atoms with E-state index in [0.29, 0.717) is 56.2 Å². The standard InChI is InChI=1S/C30H39ClF2N4O6S/c31-20-5-3-18(4-6-20)26(19-11-13-43-14-12-19)28(36-30(39)40)29(38)35-27-23(24(32)9-10-25(27)33)8-7-22-16-34-21-2-1-15-44(41,42)37(22)17-21/h3-6,9-10,19,21-22,26,28,34,36,41-42H,1-2,7-8,11-17H2,(H,35,38)(H,39,40)/t21?,22?,26-,28+/m0/s1. The number of fused-ring (bicyclic) bond motifs is 2. The van der Waals surface area contributed by atoms with Crippen LogP contribution in [0.3, 0.4) is 0 Å². The fourth-order valence-corrected chi connectivity index (χ4v) is 8.70. The number of rotatable bonds is 9. The van der Waals surface area contributed by atoms with E-state index in [1.54, 1.807) is 28.6 Å². The second kappa shape index (κ2) is 14.3. The third-order valence-electron chi connectivity index (χ3n) is 8.93. The van der Waals surface area contributed by atoms with Crippen LogP contribution in [0.4, 0.5) is 19.3 Å². The van der Waals surface area contributed by atoms with Crippen molar-refractivity contribution in [2.75, 3.05) is 37.4 Å². The summed E-state index contributed by atoms with van der Waals surface area (Å²) >= 11 is 6.10. The number of nitrogens with one attached hydrogen (secondary N) is 3. The van der Waals surface area contributed by atoms with E-state index in [4.69, 9.17) is 16.3 Å². The van der Waals surface area contributed by atoms with Gasteiger partial charge in [0.1, 0.15) is 17.7 Å². The molecule has 2 amide bonds. The van der Waals surface area contributed by atoms with E-state index in [9.17, 15) is 23.8 Å². The molecule has 3 aliphatic heterocycles. The number of ether oxygens (including phenoxy) is 1. The van der Waals surface area contributed by atoms with Gasteiger partial charge in [-0.2, -0.15) is 0 Å². The highest BCUT2D eigenvalue weighted by atomic mass is 35.5. The molecule has 5 rings (SSSR count). The lowest BCUT2D eigenvalue weighted by molar-refractivity contribution is -0.119. The van der Waals surface area contributed by atoms with E-state index in [1.165, 1.54) is 0 Å². The summed E-state index contributed by atoms with van der Waals surface area (Å²) in [5.74, 6) is -2.93. The second-order valence-electron chi connectivity index (χ2n) is 11.7. The predicted octanol–water partition coefficient (Wildman–Crippen LogP) is 5.44. The van der Waals surface area contributed by atoms with Crippen LogP contribution in [0, 0.1) is 17.6 Å². The smallest absolute Gasteiger partial charge is 0.405 e. The molecular formula is C30H39ClF2N4O6S. The molecule has 14 heteroatoms. The summed E-state index contributed by atoms with van der Waals surface area (Å²) in [6, 6.07) is 7.13. The van der Waals surface area contributed by atoms with Crippen molar-refractivity contribution in [3.8, 4) is 0 Å². The number of hydrogen-bond donors (Lipinski definition) is 6. The molecule has 2 aromatic carbocycles. The van der Waals surface area contributed by atoms with Crippen molar-refractivity contribution < 1.29 is 37.3 Å². The number of anilines is 1. The third-order valence-corrected chi connectivity index (χ3v) is 11.2. The molecule has 0 aliphatic carbocycles. The molecule has 242 valence electrons. The maximum Gasteiger partial charge on any atom is 0.405 e. The first-order valence-electron chi connectivity index (χ1n) is 14.9. The van der Waals surface area contributed by atoms with Gasteiger partial charge in [-0.15, -0.1) is 10.8 Å². The number of carboxylic acid groups (broad SMARTS) is 1. The molecule has 3 heterocycles. The van der Waals surface area contributed by atoms with Crippen molar-refractivity contribution in [1.82, 2.24) is 14.9 Å². The van der Waals surface area contributed by atoms with Gasteiger partial charge < -0.3 is 25.8 Å². The van der Waals surface area contributed by atoms with Crippen molar-refractivity contribution in [3.05, 3.63) is 64.2 Å². The van der Waals surface area contributed by atoms with E-state index >= 15 is 8.78 Å². The molecular weight excluding hydrogens is 618 g/mol. The van der Waals surface area contributed by atoms with Gasteiger partial charge in [0.15, 0.2) is 0 Å². The number of hydrogen-bond acceptors (Lipinski definition) is 7. The average molecular weight is 657 g/mol. The van der Waals surface area contributed by atoms with Crippen LogP contribution in [0.2, 0.25) is 5.02 Å². The molecule has 3 saturated heterocycles. The van der Waals surface area contributed by atoms with Gasteiger partial charge in [-0.3, -0.25) is 13.9 Å². The lowest BCUT2D eigenvalue weighted by atomic mass is 9.76. The van der Waals surface area contributed by atoms with Gasteiger partial charge in [-0.1, -0.05) is 23.7 Å². The van der Waals surface area contributed by atoms with E-state index in [0.717, 1.165) is 18.6 Å². The third kappa shape index (κ3) is 7.64. The molecule has 0 saturated carbocycles. The summed E-state index contributed by atoms with van der Waals surface area (Å²) in [7, 11) is -2.99. The average Bonchev–Trinajstić information content (AvgIpc) is 3.11. The Morgan fingerprint density at radius 3 is 2.50 bits per heavy atom. The first-order chi connectivity index (χ1) is 21.0. The van der Waals surface area contributed by atoms with Crippen LogP contribution in [-0.4, -0.2) is 80.7 Å². The van der Waals surface area contributed by atoms with Gasteiger partial charge in [0.05, 0.1) is 11.4 Å². The Morgan fingerprint density at radius 2 is 1.80 bits per heavy atom. The molecule has 0 radical (unpaired) electrons. The van der Waals surface area contributed by atoms with Gasteiger partial charge in [0.2, 0.25) is 5.91 Å². The lowest BCUT2D eigenvalue weighted by Gasteiger charge is -2.49. The number of carbonyl (C=O) groups excluding carboxylic acids is 1. The van der Waals surface area contributed by atoms with Crippen molar-refractivity contribution in [2.45, 2.75) is 62.6 Å². The van der Waals surface area contributed by atoms with Gasteiger partial charge in [-0.05, 0) is 74.3 Å². The van der Waals surface area contributed by atoms with Crippen LogP contribution < -0.4 is 16.0 Å². The number of carbonyl (C=O) groups is 2. The Morgan fingerprint density at radius 1 is 1.09 bits per heavy atom. The molecule has 3 aliphatic rings. The fraction of sp³-hybridized carbons (Fsp3) is 0.533. The number of piperazine rings is 1. The van der Waals surface area contributed by atoms with Crippen molar-refractivity contribution in [1.29, 1.82) is 0 Å². The Balaban J connectivity index is 1.41. The summed E-state index contributed by atoms with van der Waals surface area (Å²) in [5.41, 5.74) is 0.239. The molecule has 6 N–H and O–H groups in total. The molecule has 2 aromatic rings. The highest BCUT2D eigenvalue weighted by Crippen LogP contribution is 2.49. The van der Waals surface area contributed by atoms with E-state index < -0.39 is 46.4 Å². The molecule has 3 fully saturated rings. The summed E-state index contributed by atoms with van der Waals surface area (Å²) in [6.45, 7) is 1.79. The molecule has 44 heavy (non-hydrogen) atoms. The normalized spacial score (nSPS) is 25.7. The number of nitrogens with zero attached hydrogens (tertiary/aromatic N) is 1. The maximum atomic E-state index is 15.3. The van der Waals surface area contributed by atoms with Crippen LogP contribution in [0.15, 0.2) is 36.4 Å². The minimum Gasteiger partial charge on any atom is -0.465 e. The minimum atomic E-state index is -2.99. The second-order valence-corrected chi connectivity index (χ2v) is 14.3. The zero-order chi connectivity index (χ0) is 31.4. The largest absolute Gasteiger partial charge is 0.465 e. The molecule has 0 spiro atoms. The van der Waals surface area contributed by atoms with Crippen molar-refractivity contribution in [2.24, 2.45) is 5.92 Å². The zero-order valence-corrected chi connectivity index (χ0v) is 25.8. The summed E-state index contributed by atoms with van der Waals surface area (Å²) in [6.07, 6.45) is 1.48. The van der Waals surface area contributed by atoms with Gasteiger partial charge in [-0.25, -0.2) is 17.9 Å². The Bertz CT molecular complexity index is 1330.